The molecule has 6 rings (SSSR count). The highest BCUT2D eigenvalue weighted by molar-refractivity contribution is 6.31. The number of benzene rings is 4. The number of ether oxygens (including phenoxy) is 1. The first-order valence-electron chi connectivity index (χ1n) is 12.3. The summed E-state index contributed by atoms with van der Waals surface area (Å²) in [6, 6.07) is 27.4. The summed E-state index contributed by atoms with van der Waals surface area (Å²) in [7, 11) is 0. The Bertz CT molecular complexity index is 1760. The fraction of sp³-hybridized carbons (Fsp3) is 0.125. The Balaban J connectivity index is 1.51. The summed E-state index contributed by atoms with van der Waals surface area (Å²) in [6.07, 6.45) is 0. The van der Waals surface area contributed by atoms with E-state index in [1.54, 1.807) is 23.1 Å². The predicted molar refractivity (Wildman–Crippen MR) is 149 cm³/mol. The Morgan fingerprint density at radius 1 is 0.868 bits per heavy atom. The van der Waals surface area contributed by atoms with Gasteiger partial charge in [0.25, 0.3) is 5.91 Å². The highest BCUT2D eigenvalue weighted by atomic mass is 35.5. The molecule has 0 radical (unpaired) electrons. The Morgan fingerprint density at radius 3 is 2.47 bits per heavy atom. The van der Waals surface area contributed by atoms with Gasteiger partial charge < -0.3 is 9.15 Å². The molecule has 1 aromatic heterocycles. The van der Waals surface area contributed by atoms with E-state index in [1.165, 1.54) is 0 Å². The van der Waals surface area contributed by atoms with Crippen molar-refractivity contribution in [1.29, 1.82) is 0 Å². The van der Waals surface area contributed by atoms with Crippen molar-refractivity contribution < 1.29 is 13.9 Å². The van der Waals surface area contributed by atoms with Gasteiger partial charge in [0.05, 0.1) is 17.0 Å². The predicted octanol–water partition coefficient (Wildman–Crippen LogP) is 7.39. The van der Waals surface area contributed by atoms with Crippen molar-refractivity contribution in [2.24, 2.45) is 0 Å². The van der Waals surface area contributed by atoms with Crippen LogP contribution in [-0.2, 0) is 6.61 Å². The van der Waals surface area contributed by atoms with E-state index in [9.17, 15) is 9.59 Å². The number of fused-ring (bicyclic) bond motifs is 2. The van der Waals surface area contributed by atoms with E-state index in [0.717, 1.165) is 22.3 Å². The first-order chi connectivity index (χ1) is 18.4. The highest BCUT2D eigenvalue weighted by Gasteiger charge is 2.43. The standard InChI is InChI=1S/C32H24ClNO4/c1-19-11-13-24(15-20(19)2)34-29(22-9-6-10-25(16-22)37-18-21-7-4-3-5-8-21)28-30(35)26-17-23(33)12-14-27(26)38-31(28)32(34)36/h3-17,29H,18H2,1-2H3. The molecule has 0 aliphatic carbocycles. The van der Waals surface area contributed by atoms with Gasteiger partial charge >= 0.3 is 0 Å². The van der Waals surface area contributed by atoms with E-state index in [-0.39, 0.29) is 17.1 Å². The molecule has 188 valence electrons. The van der Waals surface area contributed by atoms with Gasteiger partial charge in [-0.15, -0.1) is 0 Å². The maximum Gasteiger partial charge on any atom is 0.295 e. The van der Waals surface area contributed by atoms with Gasteiger partial charge in [0.2, 0.25) is 5.76 Å². The van der Waals surface area contributed by atoms with Gasteiger partial charge in [0.1, 0.15) is 17.9 Å². The van der Waals surface area contributed by atoms with Crippen LogP contribution in [0.1, 0.15) is 44.4 Å². The topological polar surface area (TPSA) is 59.8 Å². The number of carbonyl (C=O) groups is 1. The average Bonchev–Trinajstić information content (AvgIpc) is 3.22. The quantitative estimate of drug-likeness (QED) is 0.242. The van der Waals surface area contributed by atoms with Gasteiger partial charge in [-0.2, -0.15) is 0 Å². The van der Waals surface area contributed by atoms with Crippen LogP contribution < -0.4 is 15.1 Å². The summed E-state index contributed by atoms with van der Waals surface area (Å²) in [5, 5.41) is 0.764. The molecule has 2 heterocycles. The van der Waals surface area contributed by atoms with Crippen LogP contribution >= 0.6 is 11.6 Å². The van der Waals surface area contributed by atoms with Crippen LogP contribution in [0.25, 0.3) is 11.0 Å². The third-order valence-electron chi connectivity index (χ3n) is 7.02. The van der Waals surface area contributed by atoms with Crippen molar-refractivity contribution in [3.63, 3.8) is 0 Å². The highest BCUT2D eigenvalue weighted by Crippen LogP contribution is 2.42. The minimum absolute atomic E-state index is 0.0451. The van der Waals surface area contributed by atoms with Gasteiger partial charge in [0, 0.05) is 10.7 Å². The molecule has 0 N–H and O–H groups in total. The second kappa shape index (κ2) is 9.51. The van der Waals surface area contributed by atoms with Crippen molar-refractivity contribution in [2.75, 3.05) is 4.90 Å². The Morgan fingerprint density at radius 2 is 1.68 bits per heavy atom. The maximum absolute atomic E-state index is 13.9. The van der Waals surface area contributed by atoms with Crippen LogP contribution in [0.5, 0.6) is 5.75 Å². The molecule has 4 aromatic carbocycles. The molecule has 5 nitrogen and oxygen atoms in total. The average molecular weight is 522 g/mol. The van der Waals surface area contributed by atoms with Crippen LogP contribution in [0, 0.1) is 13.8 Å². The van der Waals surface area contributed by atoms with Gasteiger partial charge in [-0.1, -0.05) is 60.1 Å². The maximum atomic E-state index is 13.9. The van der Waals surface area contributed by atoms with E-state index in [0.29, 0.717) is 39.6 Å². The molecular formula is C32H24ClNO4. The Kier molecular flexibility index (Phi) is 6.01. The number of hydrogen-bond acceptors (Lipinski definition) is 4. The fourth-order valence-electron chi connectivity index (χ4n) is 4.92. The largest absolute Gasteiger partial charge is 0.489 e. The summed E-state index contributed by atoms with van der Waals surface area (Å²) >= 11 is 6.21. The molecule has 1 atom stereocenters. The number of aryl methyl sites for hydroxylation is 2. The third kappa shape index (κ3) is 4.15. The number of anilines is 1. The number of rotatable bonds is 5. The number of carbonyl (C=O) groups excluding carboxylic acids is 1. The molecule has 1 unspecified atom stereocenters. The lowest BCUT2D eigenvalue weighted by atomic mass is 9.97. The van der Waals surface area contributed by atoms with E-state index < -0.39 is 6.04 Å². The molecule has 0 spiro atoms. The zero-order valence-electron chi connectivity index (χ0n) is 20.9. The van der Waals surface area contributed by atoms with Crippen molar-refractivity contribution in [2.45, 2.75) is 26.5 Å². The van der Waals surface area contributed by atoms with Crippen molar-refractivity contribution in [3.05, 3.63) is 140 Å². The van der Waals surface area contributed by atoms with E-state index >= 15 is 0 Å². The molecule has 6 heteroatoms. The number of amides is 1. The van der Waals surface area contributed by atoms with Crippen molar-refractivity contribution in [1.82, 2.24) is 0 Å². The van der Waals surface area contributed by atoms with E-state index in [1.807, 2.05) is 86.6 Å². The van der Waals surface area contributed by atoms with Crippen LogP contribution in [0.3, 0.4) is 0 Å². The fourth-order valence-corrected chi connectivity index (χ4v) is 5.09. The SMILES string of the molecule is Cc1ccc(N2C(=O)c3oc4ccc(Cl)cc4c(=O)c3C2c2cccc(OCc3ccccc3)c2)cc1C. The van der Waals surface area contributed by atoms with Crippen molar-refractivity contribution in [3.8, 4) is 5.75 Å². The molecule has 5 aromatic rings. The van der Waals surface area contributed by atoms with Gasteiger partial charge in [-0.05, 0) is 78.6 Å². The van der Waals surface area contributed by atoms with Crippen molar-refractivity contribution >= 4 is 34.2 Å². The second-order valence-electron chi connectivity index (χ2n) is 9.51. The van der Waals surface area contributed by atoms with Gasteiger partial charge in [-0.25, -0.2) is 0 Å². The molecule has 1 aliphatic heterocycles. The van der Waals surface area contributed by atoms with Gasteiger partial charge in [-0.3, -0.25) is 14.5 Å². The van der Waals surface area contributed by atoms with Crippen LogP contribution in [0.4, 0.5) is 5.69 Å². The van der Waals surface area contributed by atoms with E-state index in [2.05, 4.69) is 0 Å². The third-order valence-corrected chi connectivity index (χ3v) is 7.26. The smallest absolute Gasteiger partial charge is 0.295 e. The van der Waals surface area contributed by atoms with Crippen LogP contribution in [0.15, 0.2) is 100 Å². The number of nitrogens with zero attached hydrogens (tertiary/aromatic N) is 1. The summed E-state index contributed by atoms with van der Waals surface area (Å²) < 4.78 is 12.1. The normalized spacial score (nSPS) is 14.7. The minimum atomic E-state index is -0.695. The minimum Gasteiger partial charge on any atom is -0.489 e. The number of halogens is 1. The molecule has 38 heavy (non-hydrogen) atoms. The summed E-state index contributed by atoms with van der Waals surface area (Å²) in [5.74, 6) is 0.321. The zero-order valence-corrected chi connectivity index (χ0v) is 21.7. The first kappa shape index (κ1) is 24.0. The Labute approximate surface area is 224 Å². The first-order valence-corrected chi connectivity index (χ1v) is 12.7. The summed E-state index contributed by atoms with van der Waals surface area (Å²) in [6.45, 7) is 4.42. The second-order valence-corrected chi connectivity index (χ2v) is 9.94. The Hall–Kier alpha value is -4.35. The lowest BCUT2D eigenvalue weighted by molar-refractivity contribution is 0.0971. The molecule has 0 bridgehead atoms. The van der Waals surface area contributed by atoms with Gasteiger partial charge in [0.15, 0.2) is 5.43 Å². The molecule has 0 saturated heterocycles. The molecule has 0 fully saturated rings. The zero-order chi connectivity index (χ0) is 26.4. The van der Waals surface area contributed by atoms with Crippen LogP contribution in [0.2, 0.25) is 5.02 Å². The van der Waals surface area contributed by atoms with E-state index in [4.69, 9.17) is 20.8 Å². The monoisotopic (exact) mass is 521 g/mol. The number of hydrogen-bond donors (Lipinski definition) is 0. The summed E-state index contributed by atoms with van der Waals surface area (Å²) in [4.78, 5) is 29.4. The molecule has 1 amide bonds. The molecule has 1 aliphatic rings. The summed E-state index contributed by atoms with van der Waals surface area (Å²) in [5.41, 5.74) is 4.97. The van der Waals surface area contributed by atoms with Crippen LogP contribution in [-0.4, -0.2) is 5.91 Å². The molecular weight excluding hydrogens is 498 g/mol. The lowest BCUT2D eigenvalue weighted by Gasteiger charge is -2.26. The molecule has 0 saturated carbocycles. The lowest BCUT2D eigenvalue weighted by Crippen LogP contribution is -2.29.